The fourth-order valence-electron chi connectivity index (χ4n) is 2.59. The Bertz CT molecular complexity index is 696. The Balaban J connectivity index is 2.26. The molecule has 2 aromatic carbocycles. The molecule has 0 saturated heterocycles. The molecular formula is C16H16. The van der Waals surface area contributed by atoms with Crippen molar-refractivity contribution in [2.45, 2.75) is 26.2 Å². The van der Waals surface area contributed by atoms with Crippen LogP contribution in [0.1, 0.15) is 25.3 Å². The van der Waals surface area contributed by atoms with Crippen molar-refractivity contribution in [3.8, 4) is 0 Å². The van der Waals surface area contributed by atoms with Crippen molar-refractivity contribution >= 4 is 0 Å². The summed E-state index contributed by atoms with van der Waals surface area (Å²) in [5, 5.41) is 5.83. The van der Waals surface area contributed by atoms with Gasteiger partial charge < -0.3 is 0 Å². The van der Waals surface area contributed by atoms with Crippen LogP contribution in [0.4, 0.5) is 0 Å². The Hall–Kier alpha value is -1.56. The van der Waals surface area contributed by atoms with Crippen LogP contribution in [-0.4, -0.2) is 0 Å². The van der Waals surface area contributed by atoms with Crippen LogP contribution in [0.5, 0.6) is 0 Å². The van der Waals surface area contributed by atoms with Gasteiger partial charge in [0.1, 0.15) is 0 Å². The maximum absolute atomic E-state index is 2.28. The van der Waals surface area contributed by atoms with Gasteiger partial charge in [0, 0.05) is 0 Å². The van der Waals surface area contributed by atoms with E-state index in [-0.39, 0.29) is 0 Å². The van der Waals surface area contributed by atoms with Gasteiger partial charge in [0.05, 0.1) is 0 Å². The lowest BCUT2D eigenvalue weighted by Gasteiger charge is -2.09. The van der Waals surface area contributed by atoms with E-state index < -0.39 is 0 Å². The van der Waals surface area contributed by atoms with Crippen LogP contribution in [0.3, 0.4) is 0 Å². The number of hydrogen-bond donors (Lipinski definition) is 0. The van der Waals surface area contributed by atoms with Gasteiger partial charge in [0.25, 0.3) is 0 Å². The molecule has 0 amide bonds. The van der Waals surface area contributed by atoms with Gasteiger partial charge in [0.15, 0.2) is 0 Å². The van der Waals surface area contributed by atoms with Crippen LogP contribution < -0.4 is 0 Å². The molecule has 0 aliphatic heterocycles. The molecule has 0 heterocycles. The van der Waals surface area contributed by atoms with Crippen molar-refractivity contribution in [1.29, 1.82) is 0 Å². The Morgan fingerprint density at radius 2 is 1.56 bits per heavy atom. The summed E-state index contributed by atoms with van der Waals surface area (Å²) >= 11 is 0. The molecule has 0 atom stereocenters. The molecule has 16 heavy (non-hydrogen) atoms. The van der Waals surface area contributed by atoms with Crippen LogP contribution in [0.25, 0.3) is 0 Å². The van der Waals surface area contributed by atoms with E-state index in [2.05, 4.69) is 49.4 Å². The molecule has 0 N–H and O–H groups in total. The van der Waals surface area contributed by atoms with Gasteiger partial charge in [-0.1, -0.05) is 55.8 Å². The summed E-state index contributed by atoms with van der Waals surface area (Å²) in [6, 6.07) is 15.4. The Labute approximate surface area is 95.6 Å². The van der Waals surface area contributed by atoms with E-state index in [0.717, 1.165) is 0 Å². The zero-order chi connectivity index (χ0) is 11.0. The summed E-state index contributed by atoms with van der Waals surface area (Å²) in [5.41, 5.74) is 1.53. The second kappa shape index (κ2) is 3.79. The number of rotatable bonds is 3. The number of benzene rings is 2. The van der Waals surface area contributed by atoms with Crippen molar-refractivity contribution in [1.82, 2.24) is 0 Å². The molecule has 0 aromatic heterocycles. The van der Waals surface area contributed by atoms with Crippen molar-refractivity contribution in [3.63, 3.8) is 0 Å². The standard InChI is InChI=1S/C16H16/c1-2-3-7-12-8-6-11-15-13-9-4-5-10-14(13)16(12)15/h4-6,8-11H,2-3,7H2,1H3. The second-order valence-electron chi connectivity index (χ2n) is 4.49. The zero-order valence-corrected chi connectivity index (χ0v) is 9.66. The van der Waals surface area contributed by atoms with Crippen molar-refractivity contribution < 1.29 is 0 Å². The average molecular weight is 208 g/mol. The molecule has 0 heteroatoms. The van der Waals surface area contributed by atoms with Gasteiger partial charge in [-0.15, -0.1) is 0 Å². The summed E-state index contributed by atoms with van der Waals surface area (Å²) in [6.07, 6.45) is 3.78. The fraction of sp³-hybridized carbons (Fsp3) is 0.250. The molecule has 0 unspecified atom stereocenters. The van der Waals surface area contributed by atoms with E-state index in [4.69, 9.17) is 0 Å². The lowest BCUT2D eigenvalue weighted by atomic mass is 9.95. The first-order valence-electron chi connectivity index (χ1n) is 6.13. The van der Waals surface area contributed by atoms with Gasteiger partial charge in [-0.05, 0) is 39.3 Å². The first-order valence-corrected chi connectivity index (χ1v) is 6.13. The summed E-state index contributed by atoms with van der Waals surface area (Å²) in [6.45, 7) is 2.25. The van der Waals surface area contributed by atoms with Crippen LogP contribution >= 0.6 is 0 Å². The highest BCUT2D eigenvalue weighted by Gasteiger charge is 2.05. The summed E-state index contributed by atoms with van der Waals surface area (Å²) in [4.78, 5) is 0. The van der Waals surface area contributed by atoms with E-state index in [1.165, 1.54) is 45.7 Å². The number of unbranched alkanes of at least 4 members (excludes halogenated alkanes) is 1. The third-order valence-corrected chi connectivity index (χ3v) is 3.44. The zero-order valence-electron chi connectivity index (χ0n) is 9.66. The van der Waals surface area contributed by atoms with Gasteiger partial charge in [-0.3, -0.25) is 0 Å². The fourth-order valence-corrected chi connectivity index (χ4v) is 2.59. The molecule has 0 saturated carbocycles. The van der Waals surface area contributed by atoms with Crippen molar-refractivity contribution in [2.75, 3.05) is 0 Å². The first-order chi connectivity index (χ1) is 7.92. The third kappa shape index (κ3) is 1.30. The predicted octanol–water partition coefficient (Wildman–Crippen LogP) is 3.92. The molecule has 0 spiro atoms. The minimum atomic E-state index is 1.22. The van der Waals surface area contributed by atoms with E-state index in [1.807, 2.05) is 0 Å². The minimum absolute atomic E-state index is 1.22. The molecule has 0 fully saturated rings. The monoisotopic (exact) mass is 208 g/mol. The quantitative estimate of drug-likeness (QED) is 0.612. The average Bonchev–Trinajstić information content (AvgIpc) is 2.33. The predicted molar refractivity (Wildman–Crippen MR) is 66.8 cm³/mol. The van der Waals surface area contributed by atoms with Crippen LogP contribution in [0.15, 0.2) is 42.5 Å². The summed E-state index contributed by atoms with van der Waals surface area (Å²) in [5.74, 6) is 0. The maximum atomic E-state index is 2.28. The smallest absolute Gasteiger partial charge is 0.00669 e. The molecule has 0 nitrogen and oxygen atoms in total. The highest BCUT2D eigenvalue weighted by Crippen LogP contribution is 2.17. The number of hydrogen-bond acceptors (Lipinski definition) is 0. The van der Waals surface area contributed by atoms with Gasteiger partial charge in [0.2, 0.25) is 0 Å². The SMILES string of the molecule is CCCCc1cccc2c1=c1ccccc1=2. The van der Waals surface area contributed by atoms with Crippen LogP contribution in [-0.2, 0) is 6.42 Å². The van der Waals surface area contributed by atoms with Gasteiger partial charge in [-0.25, -0.2) is 0 Å². The highest BCUT2D eigenvalue weighted by atomic mass is 14.1. The lowest BCUT2D eigenvalue weighted by molar-refractivity contribution is 0.790. The molecule has 0 bridgehead atoms. The van der Waals surface area contributed by atoms with Crippen molar-refractivity contribution in [2.24, 2.45) is 0 Å². The maximum Gasteiger partial charge on any atom is -0.00669 e. The van der Waals surface area contributed by atoms with E-state index in [0.29, 0.717) is 0 Å². The summed E-state index contributed by atoms with van der Waals surface area (Å²) < 4.78 is 0. The first kappa shape index (κ1) is 9.65. The second-order valence-corrected chi connectivity index (χ2v) is 4.49. The molecule has 80 valence electrons. The number of aryl methyl sites for hydroxylation is 1. The van der Waals surface area contributed by atoms with E-state index >= 15 is 0 Å². The molecule has 2 aromatic rings. The van der Waals surface area contributed by atoms with Crippen LogP contribution in [0, 0.1) is 20.9 Å². The van der Waals surface area contributed by atoms with Crippen molar-refractivity contribution in [3.05, 3.63) is 68.9 Å². The molecule has 1 aliphatic carbocycles. The molecular weight excluding hydrogens is 192 g/mol. The lowest BCUT2D eigenvalue weighted by Crippen LogP contribution is -1.97. The summed E-state index contributed by atoms with van der Waals surface area (Å²) in [7, 11) is 0. The Morgan fingerprint density at radius 3 is 2.38 bits per heavy atom. The Kier molecular flexibility index (Phi) is 2.28. The van der Waals surface area contributed by atoms with E-state index in [1.54, 1.807) is 0 Å². The third-order valence-electron chi connectivity index (χ3n) is 3.44. The minimum Gasteiger partial charge on any atom is -0.0654 e. The largest absolute Gasteiger partial charge is 0.0654 e. The molecule has 3 rings (SSSR count). The topological polar surface area (TPSA) is 0 Å². The Morgan fingerprint density at radius 1 is 0.812 bits per heavy atom. The van der Waals surface area contributed by atoms with E-state index in [9.17, 15) is 0 Å². The van der Waals surface area contributed by atoms with Gasteiger partial charge in [-0.2, -0.15) is 0 Å². The normalized spacial score (nSPS) is 11.6. The van der Waals surface area contributed by atoms with Gasteiger partial charge >= 0.3 is 0 Å². The number of fused-ring (bicyclic) bond motifs is 2. The molecule has 0 radical (unpaired) electrons. The highest BCUT2D eigenvalue weighted by molar-refractivity contribution is 5.34. The molecule has 1 aliphatic rings. The van der Waals surface area contributed by atoms with Crippen LogP contribution in [0.2, 0.25) is 0 Å².